The van der Waals surface area contributed by atoms with Crippen molar-refractivity contribution in [3.8, 4) is 0 Å². The van der Waals surface area contributed by atoms with Crippen LogP contribution in [0.25, 0.3) is 0 Å². The maximum atomic E-state index is 11.8. The first-order valence-electron chi connectivity index (χ1n) is 5.35. The Hall–Kier alpha value is -1.96. The molecule has 1 aliphatic carbocycles. The minimum absolute atomic E-state index is 0.196. The molecule has 1 aromatic carbocycles. The van der Waals surface area contributed by atoms with Crippen molar-refractivity contribution in [1.82, 2.24) is 0 Å². The SMILES string of the molecule is O=C(O)C1(C(=O)Nc2ccc(Br)c([N+](=O)[O-])c2)CC1. The smallest absolute Gasteiger partial charge is 0.319 e. The molecule has 7 nitrogen and oxygen atoms in total. The van der Waals surface area contributed by atoms with Crippen molar-refractivity contribution in [3.05, 3.63) is 32.8 Å². The molecule has 0 bridgehead atoms. The number of rotatable bonds is 4. The van der Waals surface area contributed by atoms with Gasteiger partial charge in [0, 0.05) is 11.8 Å². The summed E-state index contributed by atoms with van der Waals surface area (Å²) >= 11 is 3.02. The van der Waals surface area contributed by atoms with Gasteiger partial charge in [-0.1, -0.05) is 0 Å². The fraction of sp³-hybridized carbons (Fsp3) is 0.273. The largest absolute Gasteiger partial charge is 0.480 e. The zero-order valence-electron chi connectivity index (χ0n) is 9.55. The summed E-state index contributed by atoms with van der Waals surface area (Å²) in [5, 5.41) is 22.1. The van der Waals surface area contributed by atoms with E-state index in [0.717, 1.165) is 0 Å². The van der Waals surface area contributed by atoms with Crippen LogP contribution >= 0.6 is 15.9 Å². The van der Waals surface area contributed by atoms with Crippen LogP contribution in [0, 0.1) is 15.5 Å². The molecule has 19 heavy (non-hydrogen) atoms. The van der Waals surface area contributed by atoms with Gasteiger partial charge in [0.2, 0.25) is 5.91 Å². The quantitative estimate of drug-likeness (QED) is 0.500. The molecular weight excluding hydrogens is 320 g/mol. The van der Waals surface area contributed by atoms with Gasteiger partial charge in [-0.15, -0.1) is 0 Å². The lowest BCUT2D eigenvalue weighted by molar-refractivity contribution is -0.385. The van der Waals surface area contributed by atoms with Gasteiger partial charge in [0.05, 0.1) is 9.40 Å². The van der Waals surface area contributed by atoms with Crippen molar-refractivity contribution in [2.75, 3.05) is 5.32 Å². The molecule has 0 spiro atoms. The number of carbonyl (C=O) groups excluding carboxylic acids is 1. The lowest BCUT2D eigenvalue weighted by Crippen LogP contribution is -2.31. The Morgan fingerprint density at radius 3 is 2.53 bits per heavy atom. The number of anilines is 1. The Bertz CT molecular complexity index is 582. The maximum absolute atomic E-state index is 11.8. The molecule has 1 saturated carbocycles. The zero-order chi connectivity index (χ0) is 14.2. The number of nitro benzene ring substituents is 1. The number of nitrogens with zero attached hydrogens (tertiary/aromatic N) is 1. The summed E-state index contributed by atoms with van der Waals surface area (Å²) < 4.78 is 0.287. The molecule has 0 aromatic heterocycles. The van der Waals surface area contributed by atoms with E-state index in [9.17, 15) is 19.7 Å². The first kappa shape index (κ1) is 13.5. The van der Waals surface area contributed by atoms with Crippen molar-refractivity contribution >= 4 is 39.2 Å². The van der Waals surface area contributed by atoms with Crippen LogP contribution in [-0.2, 0) is 9.59 Å². The minimum atomic E-state index is -1.37. The van der Waals surface area contributed by atoms with Crippen LogP contribution in [0.1, 0.15) is 12.8 Å². The van der Waals surface area contributed by atoms with Gasteiger partial charge >= 0.3 is 5.97 Å². The highest BCUT2D eigenvalue weighted by atomic mass is 79.9. The van der Waals surface area contributed by atoms with Gasteiger partial charge in [-0.3, -0.25) is 19.7 Å². The Morgan fingerprint density at radius 2 is 2.05 bits per heavy atom. The van der Waals surface area contributed by atoms with E-state index < -0.39 is 22.2 Å². The molecule has 0 heterocycles. The summed E-state index contributed by atoms with van der Waals surface area (Å²) in [4.78, 5) is 33.0. The van der Waals surface area contributed by atoms with E-state index in [0.29, 0.717) is 0 Å². The monoisotopic (exact) mass is 328 g/mol. The lowest BCUT2D eigenvalue weighted by atomic mass is 10.1. The molecule has 1 aromatic rings. The van der Waals surface area contributed by atoms with E-state index in [2.05, 4.69) is 21.2 Å². The summed E-state index contributed by atoms with van der Waals surface area (Å²) in [6, 6.07) is 4.07. The van der Waals surface area contributed by atoms with E-state index in [1.807, 2.05) is 0 Å². The van der Waals surface area contributed by atoms with Crippen molar-refractivity contribution in [3.63, 3.8) is 0 Å². The number of carbonyl (C=O) groups is 2. The third kappa shape index (κ3) is 2.43. The minimum Gasteiger partial charge on any atom is -0.480 e. The van der Waals surface area contributed by atoms with Gasteiger partial charge in [-0.2, -0.15) is 0 Å². The van der Waals surface area contributed by atoms with Crippen LogP contribution in [0.4, 0.5) is 11.4 Å². The van der Waals surface area contributed by atoms with Gasteiger partial charge in [-0.25, -0.2) is 0 Å². The van der Waals surface area contributed by atoms with Crippen LogP contribution in [-0.4, -0.2) is 21.9 Å². The molecular formula is C11H9BrN2O5. The summed E-state index contributed by atoms with van der Waals surface area (Å²) in [7, 11) is 0. The van der Waals surface area contributed by atoms with Gasteiger partial charge in [0.15, 0.2) is 0 Å². The number of nitro groups is 1. The first-order valence-corrected chi connectivity index (χ1v) is 6.15. The average molecular weight is 329 g/mol. The maximum Gasteiger partial charge on any atom is 0.319 e. The Kier molecular flexibility index (Phi) is 3.27. The number of benzene rings is 1. The summed E-state index contributed by atoms with van der Waals surface area (Å²) in [6.07, 6.45) is 0.569. The van der Waals surface area contributed by atoms with Crippen LogP contribution < -0.4 is 5.32 Å². The third-order valence-electron chi connectivity index (χ3n) is 2.99. The molecule has 1 fully saturated rings. The number of halogens is 1. The molecule has 100 valence electrons. The number of carboxylic acid groups (broad SMARTS) is 1. The number of amides is 1. The van der Waals surface area contributed by atoms with Crippen molar-refractivity contribution in [2.24, 2.45) is 5.41 Å². The molecule has 0 radical (unpaired) electrons. The van der Waals surface area contributed by atoms with Crippen molar-refractivity contribution in [2.45, 2.75) is 12.8 Å². The molecule has 0 unspecified atom stereocenters. The molecule has 0 atom stereocenters. The topological polar surface area (TPSA) is 110 Å². The molecule has 0 aliphatic heterocycles. The molecule has 0 saturated heterocycles. The van der Waals surface area contributed by atoms with Crippen molar-refractivity contribution in [1.29, 1.82) is 0 Å². The Labute approximate surface area is 115 Å². The van der Waals surface area contributed by atoms with Crippen LogP contribution in [0.5, 0.6) is 0 Å². The van der Waals surface area contributed by atoms with Gasteiger partial charge in [0.1, 0.15) is 5.41 Å². The number of hydrogen-bond donors (Lipinski definition) is 2. The van der Waals surface area contributed by atoms with E-state index in [-0.39, 0.29) is 28.7 Å². The second-order valence-corrected chi connectivity index (χ2v) is 5.12. The number of nitrogens with one attached hydrogen (secondary N) is 1. The van der Waals surface area contributed by atoms with Crippen LogP contribution in [0.3, 0.4) is 0 Å². The normalized spacial score (nSPS) is 15.6. The standard InChI is InChI=1S/C11H9BrN2O5/c12-7-2-1-6(5-8(7)14(18)19)13-9(15)11(3-4-11)10(16)17/h1-2,5H,3-4H2,(H,13,15)(H,16,17). The molecule has 1 aliphatic rings. The Balaban J connectivity index is 2.21. The Morgan fingerprint density at radius 1 is 1.42 bits per heavy atom. The molecule has 8 heteroatoms. The van der Waals surface area contributed by atoms with Crippen LogP contribution in [0.2, 0.25) is 0 Å². The molecule has 1 amide bonds. The predicted molar refractivity (Wildman–Crippen MR) is 68.7 cm³/mol. The fourth-order valence-electron chi connectivity index (χ4n) is 1.64. The predicted octanol–water partition coefficient (Wildman–Crippen LogP) is 2.16. The van der Waals surface area contributed by atoms with E-state index >= 15 is 0 Å². The van der Waals surface area contributed by atoms with Crippen LogP contribution in [0.15, 0.2) is 22.7 Å². The van der Waals surface area contributed by atoms with Gasteiger partial charge < -0.3 is 10.4 Å². The van der Waals surface area contributed by atoms with Gasteiger partial charge in [-0.05, 0) is 40.9 Å². The van der Waals surface area contributed by atoms with E-state index in [1.165, 1.54) is 18.2 Å². The highest BCUT2D eigenvalue weighted by Gasteiger charge is 2.57. The second-order valence-electron chi connectivity index (χ2n) is 4.26. The van der Waals surface area contributed by atoms with Gasteiger partial charge in [0.25, 0.3) is 5.69 Å². The highest BCUT2D eigenvalue weighted by molar-refractivity contribution is 9.10. The average Bonchev–Trinajstić information content (AvgIpc) is 3.12. The summed E-state index contributed by atoms with van der Waals surface area (Å²) in [6.45, 7) is 0. The number of hydrogen-bond acceptors (Lipinski definition) is 4. The summed E-state index contributed by atoms with van der Waals surface area (Å²) in [5.74, 6) is -1.81. The molecule has 2 rings (SSSR count). The molecule has 2 N–H and O–H groups in total. The summed E-state index contributed by atoms with van der Waals surface area (Å²) in [5.41, 5.74) is -1.37. The third-order valence-corrected chi connectivity index (χ3v) is 3.67. The van der Waals surface area contributed by atoms with E-state index in [4.69, 9.17) is 5.11 Å². The van der Waals surface area contributed by atoms with E-state index in [1.54, 1.807) is 0 Å². The van der Waals surface area contributed by atoms with Crippen molar-refractivity contribution < 1.29 is 19.6 Å². The fourth-order valence-corrected chi connectivity index (χ4v) is 2.04. The highest BCUT2D eigenvalue weighted by Crippen LogP contribution is 2.46. The lowest BCUT2D eigenvalue weighted by Gasteiger charge is -2.10. The zero-order valence-corrected chi connectivity index (χ0v) is 11.1. The first-order chi connectivity index (χ1) is 8.86. The number of aliphatic carboxylic acids is 1. The second kappa shape index (κ2) is 4.61. The number of carboxylic acids is 1.